The van der Waals surface area contributed by atoms with Crippen LogP contribution in [-0.2, 0) is 14.4 Å². The molecule has 2 heterocycles. The maximum absolute atomic E-state index is 13.9. The number of benzene rings is 4. The molecule has 0 bridgehead atoms. The van der Waals surface area contributed by atoms with Gasteiger partial charge in [-0.25, -0.2) is 9.96 Å². The zero-order valence-corrected chi connectivity index (χ0v) is 18.5. The highest BCUT2D eigenvalue weighted by molar-refractivity contribution is 6.26. The molecule has 3 atom stereocenters. The van der Waals surface area contributed by atoms with Crippen LogP contribution in [-0.4, -0.2) is 25.0 Å². The van der Waals surface area contributed by atoms with Crippen molar-refractivity contribution in [3.05, 3.63) is 103 Å². The Hall–Kier alpha value is -4.16. The molecule has 2 amide bonds. The van der Waals surface area contributed by atoms with Crippen LogP contribution in [0, 0.1) is 5.92 Å². The number of ether oxygens (including phenoxy) is 1. The molecular weight excluding hydrogens is 428 g/mol. The molecule has 4 aromatic carbocycles. The van der Waals surface area contributed by atoms with Crippen molar-refractivity contribution in [3.8, 4) is 5.75 Å². The molecule has 6 heteroatoms. The molecule has 0 radical (unpaired) electrons. The maximum atomic E-state index is 13.9. The van der Waals surface area contributed by atoms with Crippen LogP contribution in [0.25, 0.3) is 10.8 Å². The third-order valence-corrected chi connectivity index (χ3v) is 6.59. The van der Waals surface area contributed by atoms with E-state index >= 15 is 0 Å². The Morgan fingerprint density at radius 2 is 1.47 bits per heavy atom. The number of nitrogens with zero attached hydrogens (tertiary/aromatic N) is 2. The molecule has 168 valence electrons. The van der Waals surface area contributed by atoms with Crippen LogP contribution in [0.15, 0.2) is 97.1 Å². The number of hydrogen-bond donors (Lipinski definition) is 0. The van der Waals surface area contributed by atoms with Gasteiger partial charge in [-0.1, -0.05) is 66.7 Å². The van der Waals surface area contributed by atoms with Crippen molar-refractivity contribution in [2.24, 2.45) is 5.92 Å². The number of carbonyl (C=O) groups is 2. The van der Waals surface area contributed by atoms with Gasteiger partial charge in [0.05, 0.1) is 24.5 Å². The molecular formula is C28H22N2O4. The third-order valence-electron chi connectivity index (χ3n) is 6.59. The second-order valence-corrected chi connectivity index (χ2v) is 8.44. The molecule has 0 saturated carbocycles. The quantitative estimate of drug-likeness (QED) is 0.414. The predicted octanol–water partition coefficient (Wildman–Crippen LogP) is 4.90. The van der Waals surface area contributed by atoms with Gasteiger partial charge in [0.2, 0.25) is 5.91 Å². The molecule has 0 spiro atoms. The highest BCUT2D eigenvalue weighted by atomic mass is 16.7. The molecule has 2 aliphatic heterocycles. The molecule has 4 aromatic rings. The largest absolute Gasteiger partial charge is 0.497 e. The Kier molecular flexibility index (Phi) is 4.81. The maximum Gasteiger partial charge on any atom is 0.266 e. The minimum absolute atomic E-state index is 0.254. The first-order valence-corrected chi connectivity index (χ1v) is 11.2. The lowest BCUT2D eigenvalue weighted by Crippen LogP contribution is -2.37. The summed E-state index contributed by atoms with van der Waals surface area (Å²) in [6.45, 7) is 0. The summed E-state index contributed by atoms with van der Waals surface area (Å²) in [5.41, 5.74) is 2.25. The van der Waals surface area contributed by atoms with Crippen molar-refractivity contribution in [1.82, 2.24) is 0 Å². The van der Waals surface area contributed by atoms with E-state index in [2.05, 4.69) is 0 Å². The van der Waals surface area contributed by atoms with Crippen LogP contribution in [0.5, 0.6) is 5.75 Å². The van der Waals surface area contributed by atoms with Crippen LogP contribution >= 0.6 is 0 Å². The Balaban J connectivity index is 1.44. The van der Waals surface area contributed by atoms with Gasteiger partial charge in [0.15, 0.2) is 6.10 Å². The number of hydrogen-bond acceptors (Lipinski definition) is 5. The molecule has 0 aromatic heterocycles. The fraction of sp³-hybridized carbons (Fsp3) is 0.143. The zero-order valence-electron chi connectivity index (χ0n) is 18.5. The van der Waals surface area contributed by atoms with Crippen LogP contribution < -0.4 is 14.7 Å². The predicted molar refractivity (Wildman–Crippen MR) is 129 cm³/mol. The van der Waals surface area contributed by atoms with Gasteiger partial charge in [-0.05, 0) is 41.3 Å². The summed E-state index contributed by atoms with van der Waals surface area (Å²) in [5, 5.41) is 3.52. The Bertz CT molecular complexity index is 1380. The molecule has 6 rings (SSSR count). The van der Waals surface area contributed by atoms with Crippen molar-refractivity contribution in [2.75, 3.05) is 17.1 Å². The Labute approximate surface area is 196 Å². The van der Waals surface area contributed by atoms with Gasteiger partial charge in [-0.15, -0.1) is 0 Å². The monoisotopic (exact) mass is 450 g/mol. The Morgan fingerprint density at radius 1 is 0.765 bits per heavy atom. The van der Waals surface area contributed by atoms with E-state index in [1.165, 1.54) is 4.90 Å². The molecule has 0 aliphatic carbocycles. The molecule has 2 saturated heterocycles. The smallest absolute Gasteiger partial charge is 0.266 e. The SMILES string of the molecule is COc1ccc(N2O[C@@H]3C(=O)N(c4cccc5ccccc45)C(=O)[C@@H]3[C@@H]2c2ccccc2)cc1. The highest BCUT2D eigenvalue weighted by Gasteiger charge is 2.60. The van der Waals surface area contributed by atoms with Crippen LogP contribution in [0.4, 0.5) is 11.4 Å². The lowest BCUT2D eigenvalue weighted by molar-refractivity contribution is -0.126. The van der Waals surface area contributed by atoms with E-state index in [9.17, 15) is 9.59 Å². The van der Waals surface area contributed by atoms with E-state index in [0.717, 1.165) is 22.0 Å². The number of fused-ring (bicyclic) bond motifs is 2. The van der Waals surface area contributed by atoms with Gasteiger partial charge in [-0.3, -0.25) is 14.4 Å². The van der Waals surface area contributed by atoms with Crippen molar-refractivity contribution >= 4 is 34.0 Å². The molecule has 0 unspecified atom stereocenters. The Morgan fingerprint density at radius 3 is 2.24 bits per heavy atom. The summed E-state index contributed by atoms with van der Waals surface area (Å²) in [6, 6.07) is 30.1. The minimum Gasteiger partial charge on any atom is -0.497 e. The van der Waals surface area contributed by atoms with Crippen molar-refractivity contribution in [1.29, 1.82) is 0 Å². The third kappa shape index (κ3) is 3.07. The summed E-state index contributed by atoms with van der Waals surface area (Å²) < 4.78 is 5.28. The molecule has 2 fully saturated rings. The lowest BCUT2D eigenvalue weighted by Gasteiger charge is -2.29. The fourth-order valence-electron chi connectivity index (χ4n) is 5.00. The summed E-state index contributed by atoms with van der Waals surface area (Å²) >= 11 is 0. The number of amides is 2. The van der Waals surface area contributed by atoms with Crippen molar-refractivity contribution < 1.29 is 19.2 Å². The second kappa shape index (κ2) is 8.01. The average Bonchev–Trinajstić information content (AvgIpc) is 3.40. The average molecular weight is 450 g/mol. The van der Waals surface area contributed by atoms with Gasteiger partial charge in [0, 0.05) is 5.39 Å². The zero-order chi connectivity index (χ0) is 23.2. The highest BCUT2D eigenvalue weighted by Crippen LogP contribution is 2.48. The van der Waals surface area contributed by atoms with Gasteiger partial charge < -0.3 is 4.74 Å². The first kappa shape index (κ1) is 20.4. The standard InChI is InChI=1S/C28H22N2O4/c1-33-21-16-14-20(15-17-21)30-25(19-9-3-2-4-10-19)24-26(34-30)28(32)29(27(24)31)23-13-7-11-18-8-5-6-12-22(18)23/h2-17,24-26H,1H3/t24-,25+,26+/m1/s1. The van der Waals surface area contributed by atoms with E-state index in [0.29, 0.717) is 11.4 Å². The van der Waals surface area contributed by atoms with Crippen LogP contribution in [0.2, 0.25) is 0 Å². The van der Waals surface area contributed by atoms with Crippen LogP contribution in [0.3, 0.4) is 0 Å². The van der Waals surface area contributed by atoms with Gasteiger partial charge in [-0.2, -0.15) is 0 Å². The number of imide groups is 1. The minimum atomic E-state index is -0.904. The number of carbonyl (C=O) groups excluding carboxylic acids is 2. The topological polar surface area (TPSA) is 59.1 Å². The summed E-state index contributed by atoms with van der Waals surface area (Å²) in [5.74, 6) is -0.552. The first-order valence-electron chi connectivity index (χ1n) is 11.2. The summed E-state index contributed by atoms with van der Waals surface area (Å²) in [7, 11) is 1.61. The number of anilines is 2. The lowest BCUT2D eigenvalue weighted by atomic mass is 9.90. The number of methoxy groups -OCH3 is 1. The van der Waals surface area contributed by atoms with Crippen molar-refractivity contribution in [3.63, 3.8) is 0 Å². The molecule has 2 aliphatic rings. The molecule has 0 N–H and O–H groups in total. The fourth-order valence-corrected chi connectivity index (χ4v) is 5.00. The van der Waals surface area contributed by atoms with Crippen LogP contribution in [0.1, 0.15) is 11.6 Å². The van der Waals surface area contributed by atoms with Gasteiger partial charge in [0.25, 0.3) is 5.91 Å². The van der Waals surface area contributed by atoms with E-state index in [1.54, 1.807) is 12.2 Å². The number of rotatable bonds is 4. The summed E-state index contributed by atoms with van der Waals surface area (Å²) in [6.07, 6.45) is -0.904. The van der Waals surface area contributed by atoms with Gasteiger partial charge in [0.1, 0.15) is 11.7 Å². The number of hydroxylamine groups is 1. The van der Waals surface area contributed by atoms with E-state index in [1.807, 2.05) is 97.1 Å². The van der Waals surface area contributed by atoms with Crippen molar-refractivity contribution in [2.45, 2.75) is 12.1 Å². The second-order valence-electron chi connectivity index (χ2n) is 8.44. The molecule has 34 heavy (non-hydrogen) atoms. The summed E-state index contributed by atoms with van der Waals surface area (Å²) in [4.78, 5) is 35.1. The van der Waals surface area contributed by atoms with E-state index < -0.39 is 18.1 Å². The normalized spacial score (nSPS) is 21.9. The molecule has 6 nitrogen and oxygen atoms in total. The van der Waals surface area contributed by atoms with E-state index in [-0.39, 0.29) is 11.8 Å². The first-order chi connectivity index (χ1) is 16.7. The van der Waals surface area contributed by atoms with Gasteiger partial charge >= 0.3 is 0 Å². The van der Waals surface area contributed by atoms with E-state index in [4.69, 9.17) is 9.57 Å².